The minimum absolute atomic E-state index is 0.140. The third-order valence-corrected chi connectivity index (χ3v) is 5.11. The smallest absolute Gasteiger partial charge is 0.320 e. The number of carbonyl (C=O) groups is 1. The van der Waals surface area contributed by atoms with E-state index in [9.17, 15) is 9.90 Å². The first-order chi connectivity index (χ1) is 13.0. The van der Waals surface area contributed by atoms with Crippen LogP contribution in [0.25, 0.3) is 0 Å². The maximum absolute atomic E-state index is 11.8. The molecule has 2 aromatic rings. The first-order valence-corrected chi connectivity index (χ1v) is 9.41. The van der Waals surface area contributed by atoms with Crippen molar-refractivity contribution in [3.63, 3.8) is 0 Å². The van der Waals surface area contributed by atoms with E-state index in [0.717, 1.165) is 24.1 Å². The van der Waals surface area contributed by atoms with Crippen molar-refractivity contribution in [2.24, 2.45) is 0 Å². The summed E-state index contributed by atoms with van der Waals surface area (Å²) in [5, 5.41) is 9.70. The van der Waals surface area contributed by atoms with Crippen LogP contribution >= 0.6 is 0 Å². The minimum Gasteiger partial charge on any atom is -0.493 e. The molecule has 27 heavy (non-hydrogen) atoms. The average Bonchev–Trinajstić information content (AvgIpc) is 3.14. The molecule has 2 aromatic carbocycles. The van der Waals surface area contributed by atoms with E-state index in [0.29, 0.717) is 24.5 Å². The van der Waals surface area contributed by atoms with Crippen LogP contribution in [0.2, 0.25) is 0 Å². The third-order valence-electron chi connectivity index (χ3n) is 5.11. The van der Waals surface area contributed by atoms with Crippen molar-refractivity contribution in [1.82, 2.24) is 4.90 Å². The molecule has 2 unspecified atom stereocenters. The number of hydrogen-bond donors (Lipinski definition) is 1. The van der Waals surface area contributed by atoms with Crippen molar-refractivity contribution < 1.29 is 19.4 Å². The first-order valence-electron chi connectivity index (χ1n) is 9.41. The van der Waals surface area contributed by atoms with Gasteiger partial charge in [0.2, 0.25) is 0 Å². The first kappa shape index (κ1) is 19.2. The standard InChI is InChI=1S/C22H27NO4/c1-4-27-19-12-11-17(14-20(19)26-3)21(16-9-7-15(2)8-10-16)23-13-5-6-18(23)22(24)25/h7-12,14,18,21H,4-6,13H2,1-3H3,(H,24,25). The molecule has 1 aliphatic heterocycles. The normalized spacial score (nSPS) is 18.3. The number of rotatable bonds is 7. The Balaban J connectivity index is 2.07. The van der Waals surface area contributed by atoms with E-state index < -0.39 is 12.0 Å². The van der Waals surface area contributed by atoms with Crippen molar-refractivity contribution in [2.75, 3.05) is 20.3 Å². The number of aliphatic carboxylic acids is 1. The van der Waals surface area contributed by atoms with Gasteiger partial charge in [-0.2, -0.15) is 0 Å². The summed E-state index contributed by atoms with van der Waals surface area (Å²) in [6.45, 7) is 5.30. The minimum atomic E-state index is -0.762. The van der Waals surface area contributed by atoms with E-state index in [1.165, 1.54) is 5.56 Å². The molecule has 3 rings (SSSR count). The molecule has 0 aliphatic carbocycles. The quantitative estimate of drug-likeness (QED) is 0.798. The molecule has 2 atom stereocenters. The molecule has 1 fully saturated rings. The molecular weight excluding hydrogens is 342 g/mol. The Morgan fingerprint density at radius 1 is 1.19 bits per heavy atom. The van der Waals surface area contributed by atoms with Gasteiger partial charge in [0.1, 0.15) is 6.04 Å². The number of methoxy groups -OCH3 is 1. The van der Waals surface area contributed by atoms with Crippen LogP contribution in [-0.2, 0) is 4.79 Å². The van der Waals surface area contributed by atoms with Gasteiger partial charge in [0, 0.05) is 6.54 Å². The zero-order chi connectivity index (χ0) is 19.4. The highest BCUT2D eigenvalue weighted by Crippen LogP contribution is 2.38. The fraction of sp³-hybridized carbons (Fsp3) is 0.409. The van der Waals surface area contributed by atoms with Crippen molar-refractivity contribution in [1.29, 1.82) is 0 Å². The number of carboxylic acids is 1. The Bertz CT molecular complexity index is 787. The SMILES string of the molecule is CCOc1ccc(C(c2ccc(C)cc2)N2CCCC2C(=O)O)cc1OC. The molecule has 0 bridgehead atoms. The summed E-state index contributed by atoms with van der Waals surface area (Å²) in [5.74, 6) is 0.600. The topological polar surface area (TPSA) is 59.0 Å². The van der Waals surface area contributed by atoms with Gasteiger partial charge in [-0.05, 0) is 49.9 Å². The Kier molecular flexibility index (Phi) is 6.01. The van der Waals surface area contributed by atoms with Crippen LogP contribution in [0.3, 0.4) is 0 Å². The second-order valence-corrected chi connectivity index (χ2v) is 6.89. The van der Waals surface area contributed by atoms with Crippen LogP contribution in [-0.4, -0.2) is 42.3 Å². The molecule has 1 N–H and O–H groups in total. The van der Waals surface area contributed by atoms with E-state index in [1.807, 2.05) is 25.1 Å². The zero-order valence-corrected chi connectivity index (χ0v) is 16.1. The van der Waals surface area contributed by atoms with Crippen molar-refractivity contribution in [3.8, 4) is 11.5 Å². The van der Waals surface area contributed by atoms with Gasteiger partial charge in [-0.1, -0.05) is 35.9 Å². The Morgan fingerprint density at radius 3 is 2.52 bits per heavy atom. The largest absolute Gasteiger partial charge is 0.493 e. The van der Waals surface area contributed by atoms with Crippen LogP contribution in [0.4, 0.5) is 0 Å². The number of carboxylic acid groups (broad SMARTS) is 1. The van der Waals surface area contributed by atoms with Gasteiger partial charge in [0.25, 0.3) is 0 Å². The van der Waals surface area contributed by atoms with Gasteiger partial charge in [0.05, 0.1) is 19.8 Å². The molecule has 0 saturated carbocycles. The Hall–Kier alpha value is -2.53. The van der Waals surface area contributed by atoms with Gasteiger partial charge in [-0.15, -0.1) is 0 Å². The molecule has 1 heterocycles. The summed E-state index contributed by atoms with van der Waals surface area (Å²) >= 11 is 0. The predicted octanol–water partition coefficient (Wildman–Crippen LogP) is 4.04. The Morgan fingerprint density at radius 2 is 1.89 bits per heavy atom. The lowest BCUT2D eigenvalue weighted by Crippen LogP contribution is -2.39. The van der Waals surface area contributed by atoms with Crippen molar-refractivity contribution in [3.05, 3.63) is 59.2 Å². The summed E-state index contributed by atoms with van der Waals surface area (Å²) in [5.41, 5.74) is 3.27. The predicted molar refractivity (Wildman–Crippen MR) is 105 cm³/mol. The lowest BCUT2D eigenvalue weighted by atomic mass is 9.95. The van der Waals surface area contributed by atoms with Gasteiger partial charge in [-0.25, -0.2) is 0 Å². The molecule has 5 heteroatoms. The highest BCUT2D eigenvalue weighted by molar-refractivity contribution is 5.74. The lowest BCUT2D eigenvalue weighted by molar-refractivity contribution is -0.142. The summed E-state index contributed by atoms with van der Waals surface area (Å²) in [6, 6.07) is 13.6. The van der Waals surface area contributed by atoms with Crippen LogP contribution in [0, 0.1) is 6.92 Å². The molecule has 0 aromatic heterocycles. The summed E-state index contributed by atoms with van der Waals surface area (Å²) in [7, 11) is 1.62. The molecular formula is C22H27NO4. The van der Waals surface area contributed by atoms with Crippen molar-refractivity contribution in [2.45, 2.75) is 38.8 Å². The molecule has 0 radical (unpaired) electrons. The fourth-order valence-electron chi connectivity index (χ4n) is 3.82. The molecule has 0 amide bonds. The summed E-state index contributed by atoms with van der Waals surface area (Å²) in [6.07, 6.45) is 1.55. The Labute approximate surface area is 160 Å². The molecule has 144 valence electrons. The second kappa shape index (κ2) is 8.44. The zero-order valence-electron chi connectivity index (χ0n) is 16.1. The monoisotopic (exact) mass is 369 g/mol. The molecule has 5 nitrogen and oxygen atoms in total. The number of likely N-dealkylation sites (tertiary alicyclic amines) is 1. The molecule has 1 saturated heterocycles. The average molecular weight is 369 g/mol. The fourth-order valence-corrected chi connectivity index (χ4v) is 3.82. The van der Waals surface area contributed by atoms with Gasteiger partial charge < -0.3 is 14.6 Å². The maximum Gasteiger partial charge on any atom is 0.320 e. The van der Waals surface area contributed by atoms with E-state index in [4.69, 9.17) is 9.47 Å². The van der Waals surface area contributed by atoms with E-state index in [1.54, 1.807) is 7.11 Å². The number of aryl methyl sites for hydroxylation is 1. The lowest BCUT2D eigenvalue weighted by Gasteiger charge is -2.32. The van der Waals surface area contributed by atoms with Crippen LogP contribution in [0.15, 0.2) is 42.5 Å². The van der Waals surface area contributed by atoms with Crippen LogP contribution < -0.4 is 9.47 Å². The van der Waals surface area contributed by atoms with E-state index in [2.05, 4.69) is 36.1 Å². The van der Waals surface area contributed by atoms with E-state index >= 15 is 0 Å². The second-order valence-electron chi connectivity index (χ2n) is 6.89. The van der Waals surface area contributed by atoms with Crippen LogP contribution in [0.5, 0.6) is 11.5 Å². The van der Waals surface area contributed by atoms with E-state index in [-0.39, 0.29) is 6.04 Å². The summed E-state index contributed by atoms with van der Waals surface area (Å²) < 4.78 is 11.2. The summed E-state index contributed by atoms with van der Waals surface area (Å²) in [4.78, 5) is 13.9. The number of benzene rings is 2. The third kappa shape index (κ3) is 4.08. The van der Waals surface area contributed by atoms with Gasteiger partial charge >= 0.3 is 5.97 Å². The highest BCUT2D eigenvalue weighted by Gasteiger charge is 2.37. The van der Waals surface area contributed by atoms with Crippen molar-refractivity contribution >= 4 is 5.97 Å². The van der Waals surface area contributed by atoms with Crippen LogP contribution in [0.1, 0.15) is 42.5 Å². The molecule has 0 spiro atoms. The number of hydrogen-bond acceptors (Lipinski definition) is 4. The maximum atomic E-state index is 11.8. The number of ether oxygens (including phenoxy) is 2. The number of nitrogens with zero attached hydrogens (tertiary/aromatic N) is 1. The van der Waals surface area contributed by atoms with Gasteiger partial charge in [0.15, 0.2) is 11.5 Å². The highest BCUT2D eigenvalue weighted by atomic mass is 16.5. The molecule has 1 aliphatic rings. The van der Waals surface area contributed by atoms with Gasteiger partial charge in [-0.3, -0.25) is 9.69 Å².